The first-order valence-electron chi connectivity index (χ1n) is 3.71. The summed E-state index contributed by atoms with van der Waals surface area (Å²) in [6.45, 7) is 3.60. The fourth-order valence-electron chi connectivity index (χ4n) is 0.951. The minimum atomic E-state index is -4.43. The third-order valence-electron chi connectivity index (χ3n) is 1.77. The topological polar surface area (TPSA) is 66.8 Å². The molecule has 0 saturated heterocycles. The van der Waals surface area contributed by atoms with Crippen molar-refractivity contribution in [3.8, 4) is 5.75 Å². The van der Waals surface area contributed by atoms with Gasteiger partial charge >= 0.3 is 7.82 Å². The summed E-state index contributed by atoms with van der Waals surface area (Å²) in [6, 6.07) is 5.07. The highest BCUT2D eigenvalue weighted by Crippen LogP contribution is 2.39. The molecule has 0 spiro atoms. The summed E-state index contributed by atoms with van der Waals surface area (Å²) in [5.41, 5.74) is 1.68. The van der Waals surface area contributed by atoms with Gasteiger partial charge in [-0.05, 0) is 31.0 Å². The van der Waals surface area contributed by atoms with Crippen LogP contribution in [0.5, 0.6) is 5.75 Å². The molecule has 4 nitrogen and oxygen atoms in total. The standard InChI is InChI=1S/C8H11O4P/c1-6-4-3-5-8(7(6)2)12-13(9,10)11/h3-5H,1-2H3,(H2,9,10,11). The highest BCUT2D eigenvalue weighted by Gasteiger charge is 2.17. The summed E-state index contributed by atoms with van der Waals surface area (Å²) in [4.78, 5) is 17.2. The Bertz CT molecular complexity index is 355. The quantitative estimate of drug-likeness (QED) is 0.717. The van der Waals surface area contributed by atoms with E-state index in [2.05, 4.69) is 4.52 Å². The molecular formula is C8H11O4P. The van der Waals surface area contributed by atoms with Crippen molar-refractivity contribution < 1.29 is 18.9 Å². The lowest BCUT2D eigenvalue weighted by Gasteiger charge is -2.10. The largest absolute Gasteiger partial charge is 0.524 e. The van der Waals surface area contributed by atoms with Crippen LogP contribution in [0.2, 0.25) is 0 Å². The van der Waals surface area contributed by atoms with Crippen LogP contribution in [-0.2, 0) is 4.57 Å². The Labute approximate surface area is 76.4 Å². The second kappa shape index (κ2) is 3.50. The van der Waals surface area contributed by atoms with Gasteiger partial charge < -0.3 is 4.52 Å². The summed E-state index contributed by atoms with van der Waals surface area (Å²) >= 11 is 0. The van der Waals surface area contributed by atoms with Gasteiger partial charge in [0.05, 0.1) is 0 Å². The third-order valence-corrected chi connectivity index (χ3v) is 2.21. The van der Waals surface area contributed by atoms with Crippen LogP contribution in [0.15, 0.2) is 18.2 Å². The number of hydrogen-bond acceptors (Lipinski definition) is 2. The van der Waals surface area contributed by atoms with Crippen molar-refractivity contribution in [3.05, 3.63) is 29.3 Å². The lowest BCUT2D eigenvalue weighted by atomic mass is 10.1. The Balaban J connectivity index is 3.03. The second-order valence-electron chi connectivity index (χ2n) is 2.78. The fourth-order valence-corrected chi connectivity index (χ4v) is 1.41. The molecule has 0 aliphatic carbocycles. The maximum absolute atomic E-state index is 10.5. The van der Waals surface area contributed by atoms with Gasteiger partial charge in [-0.15, -0.1) is 0 Å². The molecule has 0 radical (unpaired) electrons. The molecule has 0 atom stereocenters. The van der Waals surface area contributed by atoms with Crippen LogP contribution in [-0.4, -0.2) is 9.79 Å². The van der Waals surface area contributed by atoms with Crippen LogP contribution in [0.4, 0.5) is 0 Å². The minimum Gasteiger partial charge on any atom is -0.404 e. The summed E-state index contributed by atoms with van der Waals surface area (Å²) < 4.78 is 15.0. The Morgan fingerprint density at radius 2 is 1.92 bits per heavy atom. The van der Waals surface area contributed by atoms with Gasteiger partial charge in [0.1, 0.15) is 5.75 Å². The molecule has 0 bridgehead atoms. The lowest BCUT2D eigenvalue weighted by Crippen LogP contribution is -1.93. The Kier molecular flexibility index (Phi) is 2.76. The van der Waals surface area contributed by atoms with E-state index in [1.807, 2.05) is 13.0 Å². The maximum Gasteiger partial charge on any atom is 0.524 e. The van der Waals surface area contributed by atoms with Gasteiger partial charge in [0.15, 0.2) is 0 Å². The van der Waals surface area contributed by atoms with Crippen molar-refractivity contribution in [2.75, 3.05) is 0 Å². The minimum absolute atomic E-state index is 0.230. The molecule has 2 N–H and O–H groups in total. The molecule has 0 aromatic heterocycles. The van der Waals surface area contributed by atoms with Crippen LogP contribution < -0.4 is 4.52 Å². The molecule has 1 aromatic carbocycles. The SMILES string of the molecule is Cc1cccc(OP(=O)(O)O)c1C. The summed E-state index contributed by atoms with van der Waals surface area (Å²) in [5.74, 6) is 0.230. The first-order chi connectivity index (χ1) is 5.90. The zero-order valence-corrected chi connectivity index (χ0v) is 8.28. The number of benzene rings is 1. The number of hydrogen-bond donors (Lipinski definition) is 2. The Morgan fingerprint density at radius 1 is 1.31 bits per heavy atom. The molecule has 0 aliphatic rings. The van der Waals surface area contributed by atoms with Gasteiger partial charge in [-0.2, -0.15) is 0 Å². The van der Waals surface area contributed by atoms with Crippen molar-refractivity contribution in [2.24, 2.45) is 0 Å². The van der Waals surface area contributed by atoms with E-state index in [1.165, 1.54) is 6.07 Å². The Morgan fingerprint density at radius 3 is 2.46 bits per heavy atom. The molecule has 1 rings (SSSR count). The lowest BCUT2D eigenvalue weighted by molar-refractivity contribution is 0.282. The molecule has 0 aliphatic heterocycles. The number of phosphoric acid groups is 1. The number of rotatable bonds is 2. The highest BCUT2D eigenvalue weighted by atomic mass is 31.2. The van der Waals surface area contributed by atoms with Gasteiger partial charge in [-0.3, -0.25) is 9.79 Å². The van der Waals surface area contributed by atoms with Crippen molar-refractivity contribution >= 4 is 7.82 Å². The zero-order chi connectivity index (χ0) is 10.1. The second-order valence-corrected chi connectivity index (χ2v) is 3.94. The highest BCUT2D eigenvalue weighted by molar-refractivity contribution is 7.46. The predicted molar refractivity (Wildman–Crippen MR) is 48.6 cm³/mol. The molecule has 72 valence electrons. The van der Waals surface area contributed by atoms with Crippen LogP contribution in [0.1, 0.15) is 11.1 Å². The maximum atomic E-state index is 10.5. The smallest absolute Gasteiger partial charge is 0.404 e. The molecular weight excluding hydrogens is 191 g/mol. The van der Waals surface area contributed by atoms with Crippen LogP contribution in [0.25, 0.3) is 0 Å². The monoisotopic (exact) mass is 202 g/mol. The molecule has 0 fully saturated rings. The van der Waals surface area contributed by atoms with E-state index in [0.717, 1.165) is 11.1 Å². The first kappa shape index (κ1) is 10.3. The zero-order valence-electron chi connectivity index (χ0n) is 7.39. The van der Waals surface area contributed by atoms with Gasteiger partial charge in [0.25, 0.3) is 0 Å². The number of aryl methyl sites for hydroxylation is 1. The first-order valence-corrected chi connectivity index (χ1v) is 5.24. The van der Waals surface area contributed by atoms with Crippen molar-refractivity contribution in [2.45, 2.75) is 13.8 Å². The predicted octanol–water partition coefficient (Wildman–Crippen LogP) is 1.77. The van der Waals surface area contributed by atoms with Gasteiger partial charge in [0.2, 0.25) is 0 Å². The average Bonchev–Trinajstić information content (AvgIpc) is 1.96. The van der Waals surface area contributed by atoms with E-state index < -0.39 is 7.82 Å². The molecule has 0 amide bonds. The molecule has 5 heteroatoms. The van der Waals surface area contributed by atoms with Crippen molar-refractivity contribution in [1.82, 2.24) is 0 Å². The van der Waals surface area contributed by atoms with Gasteiger partial charge in [-0.1, -0.05) is 12.1 Å². The molecule has 1 aromatic rings. The van der Waals surface area contributed by atoms with E-state index in [4.69, 9.17) is 9.79 Å². The van der Waals surface area contributed by atoms with Gasteiger partial charge in [0, 0.05) is 0 Å². The molecule has 0 heterocycles. The summed E-state index contributed by atoms with van der Waals surface area (Å²) in [5, 5.41) is 0. The number of phosphoric ester groups is 1. The van der Waals surface area contributed by atoms with Crippen molar-refractivity contribution in [1.29, 1.82) is 0 Å². The summed E-state index contributed by atoms with van der Waals surface area (Å²) in [7, 11) is -4.43. The third kappa shape index (κ3) is 2.84. The van der Waals surface area contributed by atoms with E-state index in [9.17, 15) is 4.57 Å². The van der Waals surface area contributed by atoms with E-state index in [-0.39, 0.29) is 5.75 Å². The molecule has 0 saturated carbocycles. The van der Waals surface area contributed by atoms with E-state index >= 15 is 0 Å². The fraction of sp³-hybridized carbons (Fsp3) is 0.250. The molecule has 0 unspecified atom stereocenters. The van der Waals surface area contributed by atoms with Crippen LogP contribution in [0.3, 0.4) is 0 Å². The van der Waals surface area contributed by atoms with E-state index in [1.54, 1.807) is 13.0 Å². The van der Waals surface area contributed by atoms with Crippen LogP contribution in [0, 0.1) is 13.8 Å². The average molecular weight is 202 g/mol. The van der Waals surface area contributed by atoms with Crippen LogP contribution >= 0.6 is 7.82 Å². The van der Waals surface area contributed by atoms with E-state index in [0.29, 0.717) is 0 Å². The molecule has 13 heavy (non-hydrogen) atoms. The normalized spacial score (nSPS) is 11.4. The van der Waals surface area contributed by atoms with Gasteiger partial charge in [-0.25, -0.2) is 4.57 Å². The van der Waals surface area contributed by atoms with Crippen molar-refractivity contribution in [3.63, 3.8) is 0 Å². The Hall–Kier alpha value is -0.830. The summed E-state index contributed by atoms with van der Waals surface area (Å²) in [6.07, 6.45) is 0.